The molecule has 1 atom stereocenters. The lowest BCUT2D eigenvalue weighted by molar-refractivity contribution is -0.141. The van der Waals surface area contributed by atoms with Gasteiger partial charge in [0.15, 0.2) is 0 Å². The number of H-pyrrole nitrogens is 1. The lowest BCUT2D eigenvalue weighted by atomic mass is 9.91. The summed E-state index contributed by atoms with van der Waals surface area (Å²) >= 11 is 0. The van der Waals surface area contributed by atoms with Crippen LogP contribution in [-0.4, -0.2) is 4.98 Å². The zero-order valence-corrected chi connectivity index (χ0v) is 9.28. The third-order valence-electron chi connectivity index (χ3n) is 3.01. The second kappa shape index (κ2) is 3.68. The fourth-order valence-corrected chi connectivity index (χ4v) is 2.26. The van der Waals surface area contributed by atoms with Crippen molar-refractivity contribution in [2.45, 2.75) is 32.9 Å². The standard InChI is InChI=1S/C12H14F3N/c1-3-8-9-6-7(2)4-5-10(9)16-11(8)12(13,14)15/h4-5,7,16H,3,6H2,1-2H3. The molecule has 1 aromatic heterocycles. The van der Waals surface area contributed by atoms with Gasteiger partial charge in [-0.2, -0.15) is 13.2 Å². The van der Waals surface area contributed by atoms with Gasteiger partial charge in [0.2, 0.25) is 0 Å². The number of rotatable bonds is 1. The number of allylic oxidation sites excluding steroid dienone is 1. The van der Waals surface area contributed by atoms with Crippen molar-refractivity contribution < 1.29 is 13.2 Å². The highest BCUT2D eigenvalue weighted by atomic mass is 19.4. The molecule has 4 heteroatoms. The minimum absolute atomic E-state index is 0.315. The summed E-state index contributed by atoms with van der Waals surface area (Å²) in [6.07, 6.45) is 0.541. The Hall–Kier alpha value is -1.19. The molecule has 0 spiro atoms. The first-order chi connectivity index (χ1) is 7.43. The molecule has 1 N–H and O–H groups in total. The molecule has 2 rings (SSSR count). The molecular weight excluding hydrogens is 215 g/mol. The molecule has 1 aliphatic carbocycles. The fourth-order valence-electron chi connectivity index (χ4n) is 2.26. The largest absolute Gasteiger partial charge is 0.431 e. The second-order valence-electron chi connectivity index (χ2n) is 4.26. The highest BCUT2D eigenvalue weighted by Crippen LogP contribution is 2.37. The molecule has 1 aromatic rings. The number of fused-ring (bicyclic) bond motifs is 1. The average molecular weight is 229 g/mol. The SMILES string of the molecule is CCc1c(C(F)(F)F)[nH]c2c1CC(C)C=C2. The predicted molar refractivity (Wildman–Crippen MR) is 57.1 cm³/mol. The zero-order valence-electron chi connectivity index (χ0n) is 9.28. The van der Waals surface area contributed by atoms with E-state index < -0.39 is 11.9 Å². The Morgan fingerprint density at radius 2 is 2.12 bits per heavy atom. The van der Waals surface area contributed by atoms with Gasteiger partial charge in [0.05, 0.1) is 0 Å². The van der Waals surface area contributed by atoms with E-state index in [-0.39, 0.29) is 0 Å². The van der Waals surface area contributed by atoms with Gasteiger partial charge in [0.25, 0.3) is 0 Å². The summed E-state index contributed by atoms with van der Waals surface area (Å²) in [5, 5.41) is 0. The molecule has 0 saturated carbocycles. The highest BCUT2D eigenvalue weighted by molar-refractivity contribution is 5.58. The average Bonchev–Trinajstić information content (AvgIpc) is 2.54. The number of aromatic nitrogens is 1. The van der Waals surface area contributed by atoms with Crippen LogP contribution in [0.5, 0.6) is 0 Å². The van der Waals surface area contributed by atoms with E-state index >= 15 is 0 Å². The van der Waals surface area contributed by atoms with Crippen molar-refractivity contribution in [2.24, 2.45) is 5.92 Å². The van der Waals surface area contributed by atoms with E-state index in [1.54, 1.807) is 13.0 Å². The summed E-state index contributed by atoms with van der Waals surface area (Å²) in [5.74, 6) is 0.315. The highest BCUT2D eigenvalue weighted by Gasteiger charge is 2.37. The molecule has 1 unspecified atom stereocenters. The third kappa shape index (κ3) is 1.77. The molecule has 0 aliphatic heterocycles. The van der Waals surface area contributed by atoms with Crippen LogP contribution in [0.3, 0.4) is 0 Å². The number of hydrogen-bond donors (Lipinski definition) is 1. The van der Waals surface area contributed by atoms with E-state index in [9.17, 15) is 13.2 Å². The number of hydrogen-bond acceptors (Lipinski definition) is 0. The van der Waals surface area contributed by atoms with Gasteiger partial charge in [-0.05, 0) is 36.0 Å². The Bertz CT molecular complexity index is 426. The molecule has 0 saturated heterocycles. The maximum Gasteiger partial charge on any atom is 0.431 e. The number of halogens is 3. The molecule has 0 fully saturated rings. The van der Waals surface area contributed by atoms with E-state index in [2.05, 4.69) is 4.98 Å². The van der Waals surface area contributed by atoms with Crippen molar-refractivity contribution in [3.8, 4) is 0 Å². The normalized spacial score (nSPS) is 19.9. The molecule has 0 bridgehead atoms. The van der Waals surface area contributed by atoms with Crippen LogP contribution in [0.15, 0.2) is 6.08 Å². The molecule has 1 aliphatic rings. The van der Waals surface area contributed by atoms with Crippen LogP contribution in [-0.2, 0) is 19.0 Å². The Kier molecular flexibility index (Phi) is 2.60. The van der Waals surface area contributed by atoms with Crippen molar-refractivity contribution in [2.75, 3.05) is 0 Å². The molecule has 1 heterocycles. The molecule has 0 radical (unpaired) electrons. The predicted octanol–water partition coefficient (Wildman–Crippen LogP) is 3.80. The zero-order chi connectivity index (χ0) is 11.9. The Morgan fingerprint density at radius 1 is 1.44 bits per heavy atom. The summed E-state index contributed by atoms with van der Waals surface area (Å²) in [4.78, 5) is 2.50. The van der Waals surface area contributed by atoms with Crippen molar-refractivity contribution in [1.82, 2.24) is 4.98 Å². The van der Waals surface area contributed by atoms with Gasteiger partial charge in [-0.3, -0.25) is 0 Å². The van der Waals surface area contributed by atoms with Gasteiger partial charge in [-0.25, -0.2) is 0 Å². The first kappa shape index (κ1) is 11.3. The van der Waals surface area contributed by atoms with Crippen LogP contribution in [0.25, 0.3) is 6.08 Å². The minimum Gasteiger partial charge on any atom is -0.351 e. The van der Waals surface area contributed by atoms with Crippen LogP contribution in [0.4, 0.5) is 13.2 Å². The van der Waals surface area contributed by atoms with Crippen molar-refractivity contribution in [3.63, 3.8) is 0 Å². The maximum atomic E-state index is 12.8. The van der Waals surface area contributed by atoms with Crippen LogP contribution in [0.2, 0.25) is 0 Å². The van der Waals surface area contributed by atoms with Gasteiger partial charge in [-0.15, -0.1) is 0 Å². The van der Waals surface area contributed by atoms with Crippen LogP contribution in [0.1, 0.15) is 36.4 Å². The molecule has 88 valence electrons. The minimum atomic E-state index is -4.28. The number of nitrogens with one attached hydrogen (secondary N) is 1. The van der Waals surface area contributed by atoms with Crippen molar-refractivity contribution in [1.29, 1.82) is 0 Å². The van der Waals surface area contributed by atoms with E-state index in [0.29, 0.717) is 30.0 Å². The van der Waals surface area contributed by atoms with E-state index in [1.165, 1.54) is 0 Å². The summed E-state index contributed by atoms with van der Waals surface area (Å²) in [5.41, 5.74) is 1.32. The Balaban J connectivity index is 2.55. The number of alkyl halides is 3. The fraction of sp³-hybridized carbons (Fsp3) is 0.500. The molecule has 0 aromatic carbocycles. The third-order valence-corrected chi connectivity index (χ3v) is 3.01. The van der Waals surface area contributed by atoms with Crippen LogP contribution in [0, 0.1) is 5.92 Å². The monoisotopic (exact) mass is 229 g/mol. The van der Waals surface area contributed by atoms with Crippen molar-refractivity contribution in [3.05, 3.63) is 28.6 Å². The second-order valence-corrected chi connectivity index (χ2v) is 4.26. The first-order valence-corrected chi connectivity index (χ1v) is 5.42. The first-order valence-electron chi connectivity index (χ1n) is 5.42. The lowest BCUT2D eigenvalue weighted by Crippen LogP contribution is -2.09. The van der Waals surface area contributed by atoms with Gasteiger partial charge in [0.1, 0.15) is 5.69 Å². The number of aromatic amines is 1. The molecule has 0 amide bonds. The molecule has 1 nitrogen and oxygen atoms in total. The maximum absolute atomic E-state index is 12.8. The lowest BCUT2D eigenvalue weighted by Gasteiger charge is -2.13. The smallest absolute Gasteiger partial charge is 0.351 e. The van der Waals surface area contributed by atoms with E-state index in [0.717, 1.165) is 5.56 Å². The van der Waals surface area contributed by atoms with Gasteiger partial charge in [-0.1, -0.05) is 19.9 Å². The van der Waals surface area contributed by atoms with Crippen LogP contribution < -0.4 is 0 Å². The van der Waals surface area contributed by atoms with Gasteiger partial charge < -0.3 is 4.98 Å². The van der Waals surface area contributed by atoms with Crippen molar-refractivity contribution >= 4 is 6.08 Å². The van der Waals surface area contributed by atoms with E-state index in [1.807, 2.05) is 13.0 Å². The Labute approximate surface area is 92.4 Å². The summed E-state index contributed by atoms with van der Waals surface area (Å²) in [7, 11) is 0. The summed E-state index contributed by atoms with van der Waals surface area (Å²) in [6.45, 7) is 3.78. The molecule has 16 heavy (non-hydrogen) atoms. The van der Waals surface area contributed by atoms with Gasteiger partial charge in [0, 0.05) is 5.69 Å². The topological polar surface area (TPSA) is 15.8 Å². The Morgan fingerprint density at radius 3 is 2.69 bits per heavy atom. The summed E-state index contributed by atoms with van der Waals surface area (Å²) < 4.78 is 38.3. The van der Waals surface area contributed by atoms with Gasteiger partial charge >= 0.3 is 6.18 Å². The van der Waals surface area contributed by atoms with E-state index in [4.69, 9.17) is 0 Å². The molecular formula is C12H14F3N. The van der Waals surface area contributed by atoms with Crippen LogP contribution >= 0.6 is 0 Å². The quantitative estimate of drug-likeness (QED) is 0.753. The summed E-state index contributed by atoms with van der Waals surface area (Å²) in [6, 6.07) is 0.